The third-order valence-corrected chi connectivity index (χ3v) is 9.08. The van der Waals surface area contributed by atoms with Crippen molar-refractivity contribution in [3.63, 3.8) is 0 Å². The predicted molar refractivity (Wildman–Crippen MR) is 107 cm³/mol. The molecule has 4 aliphatic carbocycles. The van der Waals surface area contributed by atoms with E-state index < -0.39 is 6.10 Å². The second-order valence-corrected chi connectivity index (χ2v) is 10.3. The van der Waals surface area contributed by atoms with Gasteiger partial charge in [0.25, 0.3) is 0 Å². The van der Waals surface area contributed by atoms with Crippen molar-refractivity contribution in [3.8, 4) is 0 Å². The maximum atomic E-state index is 11.4. The molecule has 0 saturated heterocycles. The van der Waals surface area contributed by atoms with Crippen molar-refractivity contribution < 1.29 is 14.6 Å². The maximum Gasteiger partial charge on any atom is 0.335 e. The lowest BCUT2D eigenvalue weighted by Crippen LogP contribution is -2.48. The van der Waals surface area contributed by atoms with Crippen LogP contribution in [0.3, 0.4) is 0 Å². The number of hydrogen-bond donors (Lipinski definition) is 2. The molecule has 3 fully saturated rings. The largest absolute Gasteiger partial charge is 0.431 e. The SMILES string of the molecule is C[C@]12CC[C@H](O)C[C@H]1CCC1=C3C[C@H](O)[C@H](c4ccc(=O)oc4)[C@@]3(C)CC[C@@H]12. The van der Waals surface area contributed by atoms with Crippen LogP contribution in [0.4, 0.5) is 0 Å². The number of fused-ring (bicyclic) bond motifs is 4. The summed E-state index contributed by atoms with van der Waals surface area (Å²) in [5.74, 6) is 1.22. The minimum atomic E-state index is -0.419. The molecule has 0 amide bonds. The molecule has 7 atom stereocenters. The highest BCUT2D eigenvalue weighted by Gasteiger charge is 2.57. The minimum absolute atomic E-state index is 0.000919. The van der Waals surface area contributed by atoms with E-state index in [9.17, 15) is 15.0 Å². The van der Waals surface area contributed by atoms with Crippen LogP contribution >= 0.6 is 0 Å². The summed E-state index contributed by atoms with van der Waals surface area (Å²) in [4.78, 5) is 11.4. The first-order chi connectivity index (χ1) is 13.3. The van der Waals surface area contributed by atoms with Gasteiger partial charge in [-0.05, 0) is 85.7 Å². The fraction of sp³-hybridized carbons (Fsp3) is 0.708. The molecule has 1 aromatic rings. The Balaban J connectivity index is 1.55. The lowest BCUT2D eigenvalue weighted by Gasteiger charge is -2.56. The van der Waals surface area contributed by atoms with E-state index in [2.05, 4.69) is 13.8 Å². The lowest BCUT2D eigenvalue weighted by molar-refractivity contribution is -0.0365. The van der Waals surface area contributed by atoms with Gasteiger partial charge in [-0.3, -0.25) is 0 Å². The van der Waals surface area contributed by atoms with Crippen LogP contribution in [0.25, 0.3) is 0 Å². The van der Waals surface area contributed by atoms with E-state index in [-0.39, 0.29) is 23.1 Å². The number of rotatable bonds is 1. The zero-order valence-electron chi connectivity index (χ0n) is 17.0. The first kappa shape index (κ1) is 18.6. The second kappa shape index (κ2) is 6.30. The van der Waals surface area contributed by atoms with Crippen LogP contribution in [-0.2, 0) is 0 Å². The molecule has 0 bridgehead atoms. The summed E-state index contributed by atoms with van der Waals surface area (Å²) < 4.78 is 5.14. The molecular formula is C24H32O4. The fourth-order valence-electron chi connectivity index (χ4n) is 7.63. The molecule has 0 aromatic carbocycles. The first-order valence-corrected chi connectivity index (χ1v) is 11.0. The number of aliphatic hydroxyl groups is 2. The van der Waals surface area contributed by atoms with Crippen LogP contribution in [0.2, 0.25) is 0 Å². The molecule has 4 aliphatic rings. The second-order valence-electron chi connectivity index (χ2n) is 10.3. The standard InChI is InChI=1S/C24H32O4/c1-23-9-7-16(25)11-15(23)4-5-17-18(23)8-10-24(2)19(17)12-20(26)22(24)14-3-6-21(27)28-13-14/h3,6,13,15-16,18,20,22,25-26H,4-5,7-12H2,1-2H3/t15-,16+,18+,20+,22+,23+,24+/m1/s1. The topological polar surface area (TPSA) is 70.7 Å². The van der Waals surface area contributed by atoms with Gasteiger partial charge >= 0.3 is 5.63 Å². The first-order valence-electron chi connectivity index (χ1n) is 11.0. The summed E-state index contributed by atoms with van der Waals surface area (Å²) in [6.45, 7) is 4.78. The zero-order chi connectivity index (χ0) is 19.7. The van der Waals surface area contributed by atoms with E-state index >= 15 is 0 Å². The van der Waals surface area contributed by atoms with Gasteiger partial charge in [-0.25, -0.2) is 4.79 Å². The van der Waals surface area contributed by atoms with Gasteiger partial charge in [0.1, 0.15) is 0 Å². The molecule has 0 aliphatic heterocycles. The third kappa shape index (κ3) is 2.53. The number of allylic oxidation sites excluding steroid dienone is 1. The average Bonchev–Trinajstić information content (AvgIpc) is 2.93. The van der Waals surface area contributed by atoms with Crippen LogP contribution in [0.15, 0.2) is 38.8 Å². The molecule has 4 nitrogen and oxygen atoms in total. The van der Waals surface area contributed by atoms with Crippen molar-refractivity contribution in [2.45, 2.75) is 83.3 Å². The summed E-state index contributed by atoms with van der Waals surface area (Å²) in [5.41, 5.74) is 3.95. The Hall–Kier alpha value is -1.39. The summed E-state index contributed by atoms with van der Waals surface area (Å²) in [6.07, 6.45) is 9.29. The highest BCUT2D eigenvalue weighted by molar-refractivity contribution is 5.40. The average molecular weight is 385 g/mol. The van der Waals surface area contributed by atoms with E-state index in [0.29, 0.717) is 17.3 Å². The summed E-state index contributed by atoms with van der Waals surface area (Å²) in [5, 5.41) is 21.2. The lowest BCUT2D eigenvalue weighted by atomic mass is 9.49. The summed E-state index contributed by atoms with van der Waals surface area (Å²) in [6, 6.07) is 3.31. The monoisotopic (exact) mass is 384 g/mol. The normalized spacial score (nSPS) is 45.4. The molecule has 2 N–H and O–H groups in total. The highest BCUT2D eigenvalue weighted by atomic mass is 16.4. The van der Waals surface area contributed by atoms with Crippen molar-refractivity contribution in [1.29, 1.82) is 0 Å². The molecule has 0 unspecified atom stereocenters. The van der Waals surface area contributed by atoms with E-state index in [1.165, 1.54) is 24.5 Å². The van der Waals surface area contributed by atoms with Crippen molar-refractivity contribution >= 4 is 0 Å². The Kier molecular flexibility index (Phi) is 4.19. The Morgan fingerprint density at radius 1 is 1.11 bits per heavy atom. The maximum absolute atomic E-state index is 11.4. The minimum Gasteiger partial charge on any atom is -0.431 e. The van der Waals surface area contributed by atoms with Crippen molar-refractivity contribution in [1.82, 2.24) is 0 Å². The predicted octanol–water partition coefficient (Wildman–Crippen LogP) is 4.16. The van der Waals surface area contributed by atoms with Crippen LogP contribution in [0, 0.1) is 22.7 Å². The van der Waals surface area contributed by atoms with Gasteiger partial charge < -0.3 is 14.6 Å². The number of aliphatic hydroxyl groups excluding tert-OH is 2. The van der Waals surface area contributed by atoms with E-state index in [1.54, 1.807) is 11.8 Å². The fourth-order valence-corrected chi connectivity index (χ4v) is 7.63. The van der Waals surface area contributed by atoms with Crippen LogP contribution in [0.1, 0.15) is 76.7 Å². The quantitative estimate of drug-likeness (QED) is 0.713. The molecule has 28 heavy (non-hydrogen) atoms. The molecule has 152 valence electrons. The molecule has 0 radical (unpaired) electrons. The van der Waals surface area contributed by atoms with Crippen molar-refractivity contribution in [3.05, 3.63) is 45.5 Å². The van der Waals surface area contributed by atoms with Gasteiger partial charge in [-0.15, -0.1) is 0 Å². The van der Waals surface area contributed by atoms with E-state index in [0.717, 1.165) is 44.1 Å². The summed E-state index contributed by atoms with van der Waals surface area (Å²) >= 11 is 0. The van der Waals surface area contributed by atoms with Crippen LogP contribution in [-0.4, -0.2) is 22.4 Å². The van der Waals surface area contributed by atoms with Gasteiger partial charge in [0.2, 0.25) is 0 Å². The van der Waals surface area contributed by atoms with Crippen LogP contribution < -0.4 is 5.63 Å². The van der Waals surface area contributed by atoms with Crippen molar-refractivity contribution in [2.75, 3.05) is 0 Å². The van der Waals surface area contributed by atoms with E-state index in [4.69, 9.17) is 4.42 Å². The van der Waals surface area contributed by atoms with Crippen LogP contribution in [0.5, 0.6) is 0 Å². The Morgan fingerprint density at radius 3 is 2.68 bits per heavy atom. The third-order valence-electron chi connectivity index (χ3n) is 9.08. The molecule has 0 spiro atoms. The molecule has 1 aromatic heterocycles. The Bertz CT molecular complexity index is 849. The Labute approximate surface area is 166 Å². The van der Waals surface area contributed by atoms with Gasteiger partial charge in [-0.1, -0.05) is 25.0 Å². The van der Waals surface area contributed by atoms with Gasteiger partial charge in [-0.2, -0.15) is 0 Å². The highest BCUT2D eigenvalue weighted by Crippen LogP contribution is 2.66. The molecule has 3 saturated carbocycles. The summed E-state index contributed by atoms with van der Waals surface area (Å²) in [7, 11) is 0. The molecule has 4 heteroatoms. The smallest absolute Gasteiger partial charge is 0.335 e. The van der Waals surface area contributed by atoms with Crippen molar-refractivity contribution in [2.24, 2.45) is 22.7 Å². The zero-order valence-corrected chi connectivity index (χ0v) is 17.0. The van der Waals surface area contributed by atoms with Gasteiger partial charge in [0.05, 0.1) is 18.5 Å². The Morgan fingerprint density at radius 2 is 1.93 bits per heavy atom. The molecule has 5 rings (SSSR count). The number of hydrogen-bond acceptors (Lipinski definition) is 4. The van der Waals surface area contributed by atoms with Gasteiger partial charge in [0.15, 0.2) is 0 Å². The molecule has 1 heterocycles. The van der Waals surface area contributed by atoms with E-state index in [1.807, 2.05) is 6.07 Å². The van der Waals surface area contributed by atoms with Gasteiger partial charge in [0, 0.05) is 12.0 Å². The molecular weight excluding hydrogens is 352 g/mol.